The van der Waals surface area contributed by atoms with Crippen molar-refractivity contribution in [2.24, 2.45) is 0 Å². The molecule has 1 N–H and O–H groups in total. The molecule has 1 unspecified atom stereocenters. The van der Waals surface area contributed by atoms with Crippen molar-refractivity contribution in [3.63, 3.8) is 0 Å². The first-order valence-electron chi connectivity index (χ1n) is 7.63. The third-order valence-corrected chi connectivity index (χ3v) is 3.98. The number of ether oxygens (including phenoxy) is 1. The molecule has 1 atom stereocenters. The Kier molecular flexibility index (Phi) is 4.52. The number of rotatable bonds is 4. The van der Waals surface area contributed by atoms with Gasteiger partial charge in [-0.2, -0.15) is 0 Å². The number of amides is 1. The molecule has 1 aromatic heterocycles. The van der Waals surface area contributed by atoms with Crippen molar-refractivity contribution in [3.8, 4) is 0 Å². The number of nitrogens with one attached hydrogen (secondary N) is 1. The smallest absolute Gasteiger partial charge is 0.275 e. The summed E-state index contributed by atoms with van der Waals surface area (Å²) in [7, 11) is 1.75. The molecular weight excluding hydrogens is 292 g/mol. The van der Waals surface area contributed by atoms with E-state index in [1.165, 1.54) is 6.20 Å². The largest absolute Gasteiger partial charge is 0.380 e. The van der Waals surface area contributed by atoms with Gasteiger partial charge < -0.3 is 15.0 Å². The molecule has 23 heavy (non-hydrogen) atoms. The molecule has 2 heterocycles. The number of hydrogen-bond donors (Lipinski definition) is 1. The van der Waals surface area contributed by atoms with Crippen LogP contribution in [0.2, 0.25) is 0 Å². The van der Waals surface area contributed by atoms with E-state index in [1.54, 1.807) is 13.3 Å². The van der Waals surface area contributed by atoms with Gasteiger partial charge >= 0.3 is 0 Å². The summed E-state index contributed by atoms with van der Waals surface area (Å²) in [5.74, 6) is -0.258. The van der Waals surface area contributed by atoms with Crippen LogP contribution in [0.5, 0.6) is 0 Å². The molecule has 1 saturated heterocycles. The fourth-order valence-corrected chi connectivity index (χ4v) is 2.62. The van der Waals surface area contributed by atoms with Crippen molar-refractivity contribution in [2.75, 3.05) is 30.4 Å². The van der Waals surface area contributed by atoms with Gasteiger partial charge in [-0.05, 0) is 37.6 Å². The molecule has 2 aromatic rings. The van der Waals surface area contributed by atoms with Gasteiger partial charge in [0.25, 0.3) is 5.91 Å². The number of methoxy groups -OCH3 is 1. The lowest BCUT2D eigenvalue weighted by Gasteiger charge is -2.18. The lowest BCUT2D eigenvalue weighted by atomic mass is 10.2. The summed E-state index contributed by atoms with van der Waals surface area (Å²) in [6.07, 6.45) is 4.40. The number of nitrogens with zero attached hydrogens (tertiary/aromatic N) is 3. The van der Waals surface area contributed by atoms with Gasteiger partial charge in [-0.15, -0.1) is 0 Å². The molecule has 1 aromatic carbocycles. The van der Waals surface area contributed by atoms with Crippen LogP contribution in [-0.2, 0) is 4.74 Å². The summed E-state index contributed by atoms with van der Waals surface area (Å²) in [5, 5.41) is 2.83. The zero-order valence-electron chi connectivity index (χ0n) is 13.3. The van der Waals surface area contributed by atoms with Crippen LogP contribution >= 0.6 is 0 Å². The summed E-state index contributed by atoms with van der Waals surface area (Å²) in [5.41, 5.74) is 2.97. The maximum atomic E-state index is 12.1. The first-order chi connectivity index (χ1) is 11.2. The Morgan fingerprint density at radius 1 is 1.26 bits per heavy atom. The third-order valence-electron chi connectivity index (χ3n) is 3.98. The number of aryl methyl sites for hydroxylation is 1. The number of benzene rings is 1. The Labute approximate surface area is 135 Å². The maximum absolute atomic E-state index is 12.1. The number of hydrogen-bond acceptors (Lipinski definition) is 5. The highest BCUT2D eigenvalue weighted by Crippen LogP contribution is 2.23. The molecule has 0 radical (unpaired) electrons. The summed E-state index contributed by atoms with van der Waals surface area (Å²) in [6, 6.07) is 7.81. The zero-order chi connectivity index (χ0) is 16.2. The molecule has 6 nitrogen and oxygen atoms in total. The van der Waals surface area contributed by atoms with Gasteiger partial charge in [-0.25, -0.2) is 4.98 Å². The topological polar surface area (TPSA) is 67.3 Å². The van der Waals surface area contributed by atoms with Gasteiger partial charge in [0.15, 0.2) is 0 Å². The zero-order valence-corrected chi connectivity index (χ0v) is 13.3. The van der Waals surface area contributed by atoms with E-state index in [9.17, 15) is 4.79 Å². The van der Waals surface area contributed by atoms with E-state index in [4.69, 9.17) is 4.74 Å². The lowest BCUT2D eigenvalue weighted by Crippen LogP contribution is -2.22. The maximum Gasteiger partial charge on any atom is 0.275 e. The standard InChI is InChI=1S/C17H20N4O2/c1-12-9-19-16(10-18-12)17(22)20-13-3-5-14(6-4-13)21-8-7-15(11-21)23-2/h3-6,9-10,15H,7-8,11H2,1-2H3,(H,20,22). The van der Waals surface area contributed by atoms with Crippen molar-refractivity contribution < 1.29 is 9.53 Å². The Morgan fingerprint density at radius 2 is 2.04 bits per heavy atom. The second-order valence-electron chi connectivity index (χ2n) is 5.64. The van der Waals surface area contributed by atoms with Gasteiger partial charge in [-0.3, -0.25) is 9.78 Å². The van der Waals surface area contributed by atoms with Gasteiger partial charge in [0.1, 0.15) is 5.69 Å². The highest BCUT2D eigenvalue weighted by atomic mass is 16.5. The second-order valence-corrected chi connectivity index (χ2v) is 5.64. The van der Waals surface area contributed by atoms with Crippen LogP contribution < -0.4 is 10.2 Å². The highest BCUT2D eigenvalue weighted by Gasteiger charge is 2.22. The predicted octanol–water partition coefficient (Wildman–Crippen LogP) is 2.26. The first kappa shape index (κ1) is 15.4. The normalized spacial score (nSPS) is 17.3. The minimum Gasteiger partial charge on any atom is -0.380 e. The van der Waals surface area contributed by atoms with Gasteiger partial charge in [0, 0.05) is 37.8 Å². The average Bonchev–Trinajstić information content (AvgIpc) is 3.05. The SMILES string of the molecule is COC1CCN(c2ccc(NC(=O)c3cnc(C)cn3)cc2)C1. The molecule has 3 rings (SSSR count). The molecule has 1 aliphatic rings. The van der Waals surface area contributed by atoms with E-state index in [-0.39, 0.29) is 5.91 Å². The molecule has 0 saturated carbocycles. The van der Waals surface area contributed by atoms with Crippen molar-refractivity contribution in [3.05, 3.63) is 48.0 Å². The van der Waals surface area contributed by atoms with E-state index in [1.807, 2.05) is 31.2 Å². The van der Waals surface area contributed by atoms with Crippen molar-refractivity contribution >= 4 is 17.3 Å². The molecule has 0 aliphatic carbocycles. The van der Waals surface area contributed by atoms with Crippen LogP contribution in [0.4, 0.5) is 11.4 Å². The molecule has 1 fully saturated rings. The summed E-state index contributed by atoms with van der Waals surface area (Å²) < 4.78 is 5.39. The van der Waals surface area contributed by atoms with Crippen molar-refractivity contribution in [1.82, 2.24) is 9.97 Å². The van der Waals surface area contributed by atoms with E-state index < -0.39 is 0 Å². The van der Waals surface area contributed by atoms with Crippen LogP contribution in [0, 0.1) is 6.92 Å². The van der Waals surface area contributed by atoms with Crippen LogP contribution in [-0.4, -0.2) is 42.2 Å². The predicted molar refractivity (Wildman–Crippen MR) is 88.8 cm³/mol. The number of aromatic nitrogens is 2. The Morgan fingerprint density at radius 3 is 2.65 bits per heavy atom. The van der Waals surface area contributed by atoms with Gasteiger partial charge in [-0.1, -0.05) is 0 Å². The second kappa shape index (κ2) is 6.75. The van der Waals surface area contributed by atoms with Crippen LogP contribution in [0.3, 0.4) is 0 Å². The van der Waals surface area contributed by atoms with Crippen molar-refractivity contribution in [1.29, 1.82) is 0 Å². The third kappa shape index (κ3) is 3.65. The molecule has 0 spiro atoms. The van der Waals surface area contributed by atoms with Crippen LogP contribution in [0.15, 0.2) is 36.7 Å². The van der Waals surface area contributed by atoms with E-state index in [0.717, 1.165) is 36.6 Å². The molecule has 1 aliphatic heterocycles. The summed E-state index contributed by atoms with van der Waals surface area (Å²) in [4.78, 5) is 22.5. The Balaban J connectivity index is 1.63. The molecule has 6 heteroatoms. The van der Waals surface area contributed by atoms with Crippen molar-refractivity contribution in [2.45, 2.75) is 19.4 Å². The average molecular weight is 312 g/mol. The minimum absolute atomic E-state index is 0.258. The fraction of sp³-hybridized carbons (Fsp3) is 0.353. The minimum atomic E-state index is -0.258. The van der Waals surface area contributed by atoms with Gasteiger partial charge in [0.05, 0.1) is 18.0 Å². The van der Waals surface area contributed by atoms with Crippen LogP contribution in [0.25, 0.3) is 0 Å². The van der Waals surface area contributed by atoms with Crippen LogP contribution in [0.1, 0.15) is 22.6 Å². The Bertz CT molecular complexity index is 670. The number of anilines is 2. The molecular formula is C17H20N4O2. The lowest BCUT2D eigenvalue weighted by molar-refractivity contribution is 0.102. The molecule has 1 amide bonds. The Hall–Kier alpha value is -2.47. The highest BCUT2D eigenvalue weighted by molar-refractivity contribution is 6.02. The number of carbonyl (C=O) groups is 1. The van der Waals surface area contributed by atoms with E-state index in [0.29, 0.717) is 11.8 Å². The summed E-state index contributed by atoms with van der Waals surface area (Å²) >= 11 is 0. The van der Waals surface area contributed by atoms with E-state index >= 15 is 0 Å². The quantitative estimate of drug-likeness (QED) is 0.938. The number of carbonyl (C=O) groups excluding carboxylic acids is 1. The molecule has 120 valence electrons. The van der Waals surface area contributed by atoms with Gasteiger partial charge in [0.2, 0.25) is 0 Å². The summed E-state index contributed by atoms with van der Waals surface area (Å²) in [6.45, 7) is 3.73. The first-order valence-corrected chi connectivity index (χ1v) is 7.63. The van der Waals surface area contributed by atoms with E-state index in [2.05, 4.69) is 20.2 Å². The fourth-order valence-electron chi connectivity index (χ4n) is 2.62. The molecule has 0 bridgehead atoms. The monoisotopic (exact) mass is 312 g/mol.